The van der Waals surface area contributed by atoms with E-state index < -0.39 is 0 Å². The van der Waals surface area contributed by atoms with Crippen molar-refractivity contribution in [1.29, 1.82) is 0 Å². The van der Waals surface area contributed by atoms with Gasteiger partial charge in [0.05, 0.1) is 10.6 Å². The van der Waals surface area contributed by atoms with Crippen LogP contribution in [-0.4, -0.2) is 35.4 Å². The molecule has 0 aliphatic carbocycles. The predicted octanol–water partition coefficient (Wildman–Crippen LogP) is 2.25. The number of carbonyl (C=O) groups excluding carboxylic acids is 1. The van der Waals surface area contributed by atoms with Gasteiger partial charge >= 0.3 is 0 Å². The second-order valence-corrected chi connectivity index (χ2v) is 5.09. The Bertz CT molecular complexity index is 493. The highest BCUT2D eigenvalue weighted by Gasteiger charge is 2.18. The Kier molecular flexibility index (Phi) is 5.57. The average molecular weight is 300 g/mol. The molecular weight excluding hydrogens is 282 g/mol. The minimum atomic E-state index is -0.378. The molecular formula is C13H18ClN3OS. The monoisotopic (exact) mass is 299 g/mol. The van der Waals surface area contributed by atoms with E-state index in [1.54, 1.807) is 37.1 Å². The molecule has 0 aliphatic heterocycles. The molecule has 1 amide bonds. The van der Waals surface area contributed by atoms with E-state index in [2.05, 4.69) is 5.32 Å². The molecule has 4 nitrogen and oxygen atoms in total. The van der Waals surface area contributed by atoms with Crippen LogP contribution in [0.15, 0.2) is 18.2 Å². The topological polar surface area (TPSA) is 58.4 Å². The lowest BCUT2D eigenvalue weighted by Gasteiger charge is -2.22. The lowest BCUT2D eigenvalue weighted by molar-refractivity contribution is -0.130. The van der Waals surface area contributed by atoms with Crippen molar-refractivity contribution in [2.24, 2.45) is 5.73 Å². The van der Waals surface area contributed by atoms with Crippen LogP contribution in [0.4, 0.5) is 5.69 Å². The largest absolute Gasteiger partial charge is 0.389 e. The molecule has 6 heteroatoms. The molecule has 1 aromatic rings. The summed E-state index contributed by atoms with van der Waals surface area (Å²) in [5, 5.41) is 3.58. The highest BCUT2D eigenvalue weighted by molar-refractivity contribution is 7.80. The quantitative estimate of drug-likeness (QED) is 0.819. The van der Waals surface area contributed by atoms with Crippen molar-refractivity contribution in [1.82, 2.24) is 4.90 Å². The molecule has 0 saturated heterocycles. The van der Waals surface area contributed by atoms with E-state index in [0.29, 0.717) is 22.8 Å². The van der Waals surface area contributed by atoms with Gasteiger partial charge in [-0.2, -0.15) is 0 Å². The number of thiocarbonyl (C=S) groups is 1. The third-order valence-corrected chi connectivity index (χ3v) is 3.37. The minimum Gasteiger partial charge on any atom is -0.389 e. The molecule has 0 spiro atoms. The molecule has 3 N–H and O–H groups in total. The summed E-state index contributed by atoms with van der Waals surface area (Å²) in [6.07, 6.45) is 0. The van der Waals surface area contributed by atoms with Crippen LogP contribution in [0.3, 0.4) is 0 Å². The first-order chi connectivity index (χ1) is 8.88. The number of likely N-dealkylation sites (N-methyl/N-ethyl adjacent to an activating group) is 1. The van der Waals surface area contributed by atoms with Crippen LogP contribution in [0.2, 0.25) is 5.02 Å². The van der Waals surface area contributed by atoms with Crippen molar-refractivity contribution >= 4 is 40.4 Å². The summed E-state index contributed by atoms with van der Waals surface area (Å²) in [5.41, 5.74) is 6.90. The van der Waals surface area contributed by atoms with Crippen LogP contribution in [-0.2, 0) is 4.79 Å². The first-order valence-corrected chi connectivity index (χ1v) is 6.76. The van der Waals surface area contributed by atoms with Crippen molar-refractivity contribution in [3.8, 4) is 0 Å². The maximum Gasteiger partial charge on any atom is 0.244 e. The zero-order valence-corrected chi connectivity index (χ0v) is 12.8. The minimum absolute atomic E-state index is 0.00337. The summed E-state index contributed by atoms with van der Waals surface area (Å²) in [5.74, 6) is -0.00337. The Labute approximate surface area is 123 Å². The number of carbonyl (C=O) groups is 1. The van der Waals surface area contributed by atoms with Gasteiger partial charge in [-0.25, -0.2) is 0 Å². The Morgan fingerprint density at radius 2 is 2.21 bits per heavy atom. The number of amides is 1. The van der Waals surface area contributed by atoms with Crippen molar-refractivity contribution in [2.45, 2.75) is 19.9 Å². The Hall–Kier alpha value is -1.33. The van der Waals surface area contributed by atoms with Gasteiger partial charge in [0.15, 0.2) is 0 Å². The van der Waals surface area contributed by atoms with Gasteiger partial charge < -0.3 is 16.0 Å². The SMILES string of the molecule is CCN(C)C(=O)C(C)Nc1cccc(Cl)c1C(N)=S. The maximum atomic E-state index is 12.0. The third-order valence-electron chi connectivity index (χ3n) is 2.85. The fraction of sp³-hybridized carbons (Fsp3) is 0.385. The van der Waals surface area contributed by atoms with Gasteiger partial charge in [-0.1, -0.05) is 29.9 Å². The molecule has 1 aromatic carbocycles. The Morgan fingerprint density at radius 3 is 2.74 bits per heavy atom. The van der Waals surface area contributed by atoms with Crippen molar-refractivity contribution in [3.63, 3.8) is 0 Å². The van der Waals surface area contributed by atoms with Crippen molar-refractivity contribution in [2.75, 3.05) is 18.9 Å². The van der Waals surface area contributed by atoms with Gasteiger partial charge in [-0.3, -0.25) is 4.79 Å². The van der Waals surface area contributed by atoms with Gasteiger partial charge in [-0.05, 0) is 26.0 Å². The normalized spacial score (nSPS) is 11.8. The van der Waals surface area contributed by atoms with Crippen molar-refractivity contribution < 1.29 is 4.79 Å². The summed E-state index contributed by atoms with van der Waals surface area (Å²) in [6.45, 7) is 4.37. The Morgan fingerprint density at radius 1 is 1.58 bits per heavy atom. The number of rotatable bonds is 5. The molecule has 0 heterocycles. The van der Waals surface area contributed by atoms with E-state index in [9.17, 15) is 4.79 Å². The molecule has 1 unspecified atom stereocenters. The summed E-state index contributed by atoms with van der Waals surface area (Å²) in [6, 6.07) is 4.92. The molecule has 0 saturated carbocycles. The Balaban J connectivity index is 2.97. The van der Waals surface area contributed by atoms with E-state index in [-0.39, 0.29) is 16.9 Å². The number of halogens is 1. The first-order valence-electron chi connectivity index (χ1n) is 5.98. The zero-order chi connectivity index (χ0) is 14.6. The van der Waals surface area contributed by atoms with E-state index in [0.717, 1.165) is 0 Å². The molecule has 0 bridgehead atoms. The number of anilines is 1. The van der Waals surface area contributed by atoms with Crippen LogP contribution >= 0.6 is 23.8 Å². The van der Waals surface area contributed by atoms with Crippen LogP contribution in [0.5, 0.6) is 0 Å². The van der Waals surface area contributed by atoms with Crippen LogP contribution in [0.1, 0.15) is 19.4 Å². The van der Waals surface area contributed by atoms with Gasteiger partial charge in [-0.15, -0.1) is 0 Å². The predicted molar refractivity (Wildman–Crippen MR) is 83.7 cm³/mol. The smallest absolute Gasteiger partial charge is 0.244 e. The van der Waals surface area contributed by atoms with E-state index in [1.165, 1.54) is 0 Å². The van der Waals surface area contributed by atoms with Crippen LogP contribution in [0, 0.1) is 0 Å². The van der Waals surface area contributed by atoms with Gasteiger partial charge in [0.2, 0.25) is 5.91 Å². The molecule has 1 atom stereocenters. The van der Waals surface area contributed by atoms with Gasteiger partial charge in [0, 0.05) is 19.3 Å². The van der Waals surface area contributed by atoms with Crippen LogP contribution < -0.4 is 11.1 Å². The fourth-order valence-electron chi connectivity index (χ4n) is 1.68. The standard InChI is InChI=1S/C13H18ClN3OS/c1-4-17(3)13(18)8(2)16-10-7-5-6-9(14)11(10)12(15)19/h5-8,16H,4H2,1-3H3,(H2,15,19). The number of nitrogens with two attached hydrogens (primary N) is 1. The lowest BCUT2D eigenvalue weighted by Crippen LogP contribution is -2.39. The summed E-state index contributed by atoms with van der Waals surface area (Å²) < 4.78 is 0. The molecule has 19 heavy (non-hydrogen) atoms. The zero-order valence-electron chi connectivity index (χ0n) is 11.2. The number of nitrogens with one attached hydrogen (secondary N) is 1. The van der Waals surface area contributed by atoms with E-state index in [4.69, 9.17) is 29.6 Å². The van der Waals surface area contributed by atoms with Gasteiger partial charge in [0.1, 0.15) is 11.0 Å². The van der Waals surface area contributed by atoms with E-state index >= 15 is 0 Å². The average Bonchev–Trinajstić information content (AvgIpc) is 2.36. The number of hydrogen-bond acceptors (Lipinski definition) is 3. The highest BCUT2D eigenvalue weighted by atomic mass is 35.5. The molecule has 0 fully saturated rings. The molecule has 0 aliphatic rings. The van der Waals surface area contributed by atoms with Crippen molar-refractivity contribution in [3.05, 3.63) is 28.8 Å². The third kappa shape index (κ3) is 3.81. The lowest BCUT2D eigenvalue weighted by atomic mass is 10.1. The van der Waals surface area contributed by atoms with Gasteiger partial charge in [0.25, 0.3) is 0 Å². The molecule has 0 aromatic heterocycles. The van der Waals surface area contributed by atoms with Crippen LogP contribution in [0.25, 0.3) is 0 Å². The molecule has 104 valence electrons. The summed E-state index contributed by atoms with van der Waals surface area (Å²) in [4.78, 5) is 13.9. The first kappa shape index (κ1) is 15.7. The second-order valence-electron chi connectivity index (χ2n) is 4.25. The summed E-state index contributed by atoms with van der Waals surface area (Å²) >= 11 is 11.1. The second kappa shape index (κ2) is 6.73. The number of hydrogen-bond donors (Lipinski definition) is 2. The van der Waals surface area contributed by atoms with E-state index in [1.807, 2.05) is 6.92 Å². The highest BCUT2D eigenvalue weighted by Crippen LogP contribution is 2.25. The molecule has 0 radical (unpaired) electrons. The maximum absolute atomic E-state index is 12.0. The molecule has 1 rings (SSSR count). The number of benzene rings is 1. The summed E-state index contributed by atoms with van der Waals surface area (Å²) in [7, 11) is 1.76. The fourth-order valence-corrected chi connectivity index (χ4v) is 2.23. The number of nitrogens with zero attached hydrogens (tertiary/aromatic N) is 1.